The minimum atomic E-state index is -1.03. The summed E-state index contributed by atoms with van der Waals surface area (Å²) in [6.45, 7) is -0.336. The number of carbonyl (C=O) groups is 1. The maximum Gasteiger partial charge on any atom is 0.306 e. The van der Waals surface area contributed by atoms with Gasteiger partial charge >= 0.3 is 5.97 Å². The summed E-state index contributed by atoms with van der Waals surface area (Å²) in [5.74, 6) is -5.96. The zero-order chi connectivity index (χ0) is 43.4. The van der Waals surface area contributed by atoms with Gasteiger partial charge in [0.05, 0.1) is 65.7 Å². The van der Waals surface area contributed by atoms with Crippen LogP contribution >= 0.6 is 0 Å². The van der Waals surface area contributed by atoms with Crippen LogP contribution in [0.1, 0.15) is 62.5 Å². The van der Waals surface area contributed by atoms with Crippen LogP contribution in [0, 0.1) is 46.7 Å². The maximum absolute atomic E-state index is 14.0. The summed E-state index contributed by atoms with van der Waals surface area (Å²) in [4.78, 5) is 43.2. The molecule has 2 aromatic heterocycles. The van der Waals surface area contributed by atoms with Crippen molar-refractivity contribution < 1.29 is 50.8 Å². The Morgan fingerprint density at radius 1 is 0.607 bits per heavy atom. The minimum Gasteiger partial charge on any atom is -0.490 e. The first-order valence-electron chi connectivity index (χ1n) is 19.7. The quantitative estimate of drug-likeness (QED) is 0.133. The van der Waals surface area contributed by atoms with Crippen LogP contribution in [0.25, 0.3) is 21.8 Å². The molecule has 2 N–H and O–H groups in total. The lowest BCUT2D eigenvalue weighted by molar-refractivity contribution is -0.143. The van der Waals surface area contributed by atoms with Crippen molar-refractivity contribution in [3.8, 4) is 11.5 Å². The van der Waals surface area contributed by atoms with Gasteiger partial charge in [0, 0.05) is 42.0 Å². The molecule has 0 atom stereocenters. The molecule has 17 heteroatoms. The van der Waals surface area contributed by atoms with Gasteiger partial charge in [0.15, 0.2) is 0 Å². The summed E-state index contributed by atoms with van der Waals surface area (Å²) in [5.41, 5.74) is -0.825. The lowest BCUT2D eigenvalue weighted by Crippen LogP contribution is -2.27. The molecule has 0 saturated heterocycles. The number of rotatable bonds is 10. The number of benzene rings is 4. The van der Waals surface area contributed by atoms with Crippen molar-refractivity contribution in [3.63, 3.8) is 0 Å². The number of nitrogens with zero attached hydrogens (tertiary/aromatic N) is 4. The third-order valence-corrected chi connectivity index (χ3v) is 11.2. The van der Waals surface area contributed by atoms with E-state index in [0.717, 1.165) is 25.7 Å². The van der Waals surface area contributed by atoms with Gasteiger partial charge in [-0.25, -0.2) is 26.3 Å². The molecule has 4 aromatic carbocycles. The summed E-state index contributed by atoms with van der Waals surface area (Å²) in [6.07, 6.45) is 7.90. The first kappa shape index (κ1) is 42.9. The van der Waals surface area contributed by atoms with E-state index >= 15 is 0 Å². The number of aliphatic hydroxyl groups is 1. The van der Waals surface area contributed by atoms with Crippen LogP contribution in [0.15, 0.2) is 82.9 Å². The Bertz CT molecular complexity index is 2650. The zero-order valence-electron chi connectivity index (χ0n) is 32.5. The second kappa shape index (κ2) is 18.6. The molecule has 2 fully saturated rings. The highest BCUT2D eigenvalue weighted by Gasteiger charge is 2.27. The lowest BCUT2D eigenvalue weighted by Gasteiger charge is -2.28. The van der Waals surface area contributed by atoms with E-state index in [1.165, 1.54) is 27.9 Å². The number of hydrogen-bond acceptors (Lipinski definition) is 8. The monoisotopic (exact) mass is 850 g/mol. The second-order valence-electron chi connectivity index (χ2n) is 15.3. The fourth-order valence-electron chi connectivity index (χ4n) is 7.81. The molecular weight excluding hydrogens is 810 g/mol. The number of fused-ring (bicyclic) bond motifs is 2. The number of carboxylic acid groups (broad SMARTS) is 1. The van der Waals surface area contributed by atoms with Crippen LogP contribution in [0.3, 0.4) is 0 Å². The maximum atomic E-state index is 14.0. The van der Waals surface area contributed by atoms with Crippen molar-refractivity contribution in [3.05, 3.63) is 140 Å². The van der Waals surface area contributed by atoms with Gasteiger partial charge in [-0.3, -0.25) is 14.4 Å². The highest BCUT2D eigenvalue weighted by molar-refractivity contribution is 5.80. The van der Waals surface area contributed by atoms with Gasteiger partial charge in [-0.1, -0.05) is 0 Å². The van der Waals surface area contributed by atoms with Crippen LogP contribution in [0.4, 0.5) is 26.3 Å². The van der Waals surface area contributed by atoms with E-state index in [0.29, 0.717) is 78.4 Å². The van der Waals surface area contributed by atoms with E-state index in [9.17, 15) is 45.8 Å². The number of hydrogen-bond donors (Lipinski definition) is 2. The highest BCUT2D eigenvalue weighted by Crippen LogP contribution is 2.31. The largest absolute Gasteiger partial charge is 0.490 e. The highest BCUT2D eigenvalue weighted by atomic mass is 19.2. The number of aliphatic carboxylic acids is 1. The van der Waals surface area contributed by atoms with Crippen LogP contribution in [-0.2, 0) is 17.9 Å². The summed E-state index contributed by atoms with van der Waals surface area (Å²) in [6, 6.07) is 12.1. The molecule has 0 spiro atoms. The fraction of sp³-hybridized carbons (Fsp3) is 0.341. The van der Waals surface area contributed by atoms with E-state index in [1.54, 1.807) is 30.3 Å². The molecule has 0 amide bonds. The van der Waals surface area contributed by atoms with Crippen molar-refractivity contribution in [2.75, 3.05) is 6.61 Å². The van der Waals surface area contributed by atoms with E-state index < -0.39 is 52.0 Å². The van der Waals surface area contributed by atoms with Crippen LogP contribution in [0.2, 0.25) is 0 Å². The van der Waals surface area contributed by atoms with Gasteiger partial charge in [-0.15, -0.1) is 0 Å². The molecule has 8 rings (SSSR count). The van der Waals surface area contributed by atoms with E-state index in [2.05, 4.69) is 9.97 Å². The van der Waals surface area contributed by atoms with Crippen molar-refractivity contribution in [2.24, 2.45) is 11.8 Å². The minimum absolute atomic E-state index is 0.00607. The summed E-state index contributed by atoms with van der Waals surface area (Å²) in [7, 11) is 0. The average molecular weight is 851 g/mol. The number of aliphatic hydroxyl groups excluding tert-OH is 1. The first-order valence-corrected chi connectivity index (χ1v) is 19.7. The molecule has 0 bridgehead atoms. The molecule has 11 nitrogen and oxygen atoms in total. The summed E-state index contributed by atoms with van der Waals surface area (Å²) < 4.78 is 97.3. The predicted molar refractivity (Wildman–Crippen MR) is 210 cm³/mol. The molecule has 0 radical (unpaired) electrons. The third-order valence-electron chi connectivity index (χ3n) is 11.2. The number of aromatic nitrogens is 4. The molecule has 2 aliphatic carbocycles. The van der Waals surface area contributed by atoms with Gasteiger partial charge in [-0.05, 0) is 93.7 Å². The van der Waals surface area contributed by atoms with E-state index in [4.69, 9.17) is 14.6 Å². The number of carboxylic acids is 1. The molecule has 6 aromatic rings. The van der Waals surface area contributed by atoms with Crippen molar-refractivity contribution >= 4 is 27.8 Å². The van der Waals surface area contributed by atoms with Gasteiger partial charge in [0.2, 0.25) is 0 Å². The molecule has 61 heavy (non-hydrogen) atoms. The van der Waals surface area contributed by atoms with E-state index in [1.807, 2.05) is 0 Å². The molecule has 0 unspecified atom stereocenters. The first-order chi connectivity index (χ1) is 29.3. The van der Waals surface area contributed by atoms with E-state index in [-0.39, 0.29) is 59.7 Å². The SMILES string of the molecule is O=C(O)C1CCC(Oc2ccc3c(c2)c(=O)ncn3Cc2c(F)cc(F)cc2F)CC1.O=c1ncn(Cc2c(F)cc(F)cc2F)c2ccc(OC3CCC(CO)CC3)cc12. The van der Waals surface area contributed by atoms with Crippen LogP contribution in [-0.4, -0.2) is 54.1 Å². The van der Waals surface area contributed by atoms with Crippen molar-refractivity contribution in [2.45, 2.75) is 76.7 Å². The summed E-state index contributed by atoms with van der Waals surface area (Å²) >= 11 is 0. The Morgan fingerprint density at radius 2 is 1.00 bits per heavy atom. The number of ether oxygens (including phenoxy) is 2. The fourth-order valence-corrected chi connectivity index (χ4v) is 7.81. The third kappa shape index (κ3) is 10.0. The normalized spacial score (nSPS) is 19.0. The van der Waals surface area contributed by atoms with Gasteiger partial charge in [-0.2, -0.15) is 9.97 Å². The molecule has 2 heterocycles. The standard InChI is InChI=1S/C22H19F3N2O4.C22H21F3N2O3/c23-13-7-18(24)17(19(25)8-13)10-27-11-26-21(28)16-9-15(5-6-20(16)27)31-14-3-1-12(2-4-14)22(29)30;23-14-7-19(24)18(20(25)8-14)10-27-12-26-22(29)17-9-16(5-6-21(17)27)30-15-3-1-13(11-28)2-4-15/h5-9,11-12,14H,1-4,10H2,(H,29,30);5-9,12-13,15,28H,1-4,10-11H2. The molecular formula is C44H40F6N4O7. The molecule has 320 valence electrons. The molecule has 2 saturated carbocycles. The lowest BCUT2D eigenvalue weighted by atomic mass is 9.87. The predicted octanol–water partition coefficient (Wildman–Crippen LogP) is 7.68. The molecule has 0 aliphatic heterocycles. The Kier molecular flexibility index (Phi) is 13.1. The summed E-state index contributed by atoms with van der Waals surface area (Å²) in [5, 5.41) is 18.8. The van der Waals surface area contributed by atoms with Crippen LogP contribution < -0.4 is 20.6 Å². The smallest absolute Gasteiger partial charge is 0.306 e. The van der Waals surface area contributed by atoms with Crippen LogP contribution in [0.5, 0.6) is 11.5 Å². The van der Waals surface area contributed by atoms with Gasteiger partial charge < -0.3 is 28.8 Å². The second-order valence-corrected chi connectivity index (χ2v) is 15.3. The molecule has 2 aliphatic rings. The Labute approximate surface area is 343 Å². The Morgan fingerprint density at radius 3 is 1.38 bits per heavy atom. The van der Waals surface area contributed by atoms with Crippen molar-refractivity contribution in [1.82, 2.24) is 19.1 Å². The number of halogens is 6. The van der Waals surface area contributed by atoms with Crippen molar-refractivity contribution in [1.29, 1.82) is 0 Å². The Balaban J connectivity index is 0.000000184. The average Bonchev–Trinajstić information content (AvgIpc) is 3.23. The Hall–Kier alpha value is -6.23. The topological polar surface area (TPSA) is 146 Å². The van der Waals surface area contributed by atoms with Gasteiger partial charge in [0.25, 0.3) is 11.1 Å². The zero-order valence-corrected chi connectivity index (χ0v) is 32.5. The van der Waals surface area contributed by atoms with Gasteiger partial charge in [0.1, 0.15) is 46.4 Å².